The number of anilines is 1. The first-order valence-electron chi connectivity index (χ1n) is 9.81. The van der Waals surface area contributed by atoms with Crippen LogP contribution in [-0.4, -0.2) is 49.8 Å². The molecule has 0 radical (unpaired) electrons. The molecular weight excluding hydrogens is 400 g/mol. The lowest BCUT2D eigenvalue weighted by molar-refractivity contribution is 0.0904. The number of nitrogens with one attached hydrogen (secondary N) is 1. The van der Waals surface area contributed by atoms with Crippen molar-refractivity contribution in [3.63, 3.8) is 0 Å². The van der Waals surface area contributed by atoms with Crippen LogP contribution in [0.4, 0.5) is 5.69 Å². The highest BCUT2D eigenvalue weighted by atomic mass is 32.2. The second-order valence-electron chi connectivity index (χ2n) is 7.24. The van der Waals surface area contributed by atoms with Crippen LogP contribution < -0.4 is 5.32 Å². The van der Waals surface area contributed by atoms with Gasteiger partial charge in [0.1, 0.15) is 5.69 Å². The number of ketones is 1. The predicted molar refractivity (Wildman–Crippen MR) is 114 cm³/mol. The van der Waals surface area contributed by atoms with E-state index in [9.17, 15) is 4.79 Å². The average molecular weight is 420 g/mol. The molecule has 0 atom stereocenters. The maximum Gasteiger partial charge on any atom is 0.217 e. The van der Waals surface area contributed by atoms with Crippen LogP contribution in [0.2, 0.25) is 0 Å². The molecule has 1 aromatic carbocycles. The minimum Gasteiger partial charge on any atom is -0.381 e. The standard InChI is InChI=1S/C21H20N6O2S/c1-13(28)18-4-5-20-24-25-21(27(20)26-18)30-17-2-3-19-14(11-17)10-16(12-22-19)23-15-6-8-29-9-7-15/h2-5,10-12,15,23H,6-9H2,1H3. The normalized spacial score (nSPS) is 15.0. The lowest BCUT2D eigenvalue weighted by Gasteiger charge is -2.24. The van der Waals surface area contributed by atoms with Crippen LogP contribution in [-0.2, 0) is 4.74 Å². The topological polar surface area (TPSA) is 94.3 Å². The molecule has 1 N–H and O–H groups in total. The summed E-state index contributed by atoms with van der Waals surface area (Å²) in [5.74, 6) is -0.0945. The summed E-state index contributed by atoms with van der Waals surface area (Å²) in [7, 11) is 0. The molecule has 1 saturated heterocycles. The van der Waals surface area contributed by atoms with Gasteiger partial charge in [-0.3, -0.25) is 9.78 Å². The van der Waals surface area contributed by atoms with Gasteiger partial charge in [0.2, 0.25) is 5.16 Å². The molecule has 5 rings (SSSR count). The molecule has 1 aliphatic rings. The molecule has 0 aliphatic carbocycles. The van der Waals surface area contributed by atoms with Gasteiger partial charge in [0.15, 0.2) is 11.4 Å². The first-order chi connectivity index (χ1) is 14.7. The van der Waals surface area contributed by atoms with Crippen molar-refractivity contribution in [1.82, 2.24) is 24.8 Å². The van der Waals surface area contributed by atoms with Gasteiger partial charge in [-0.2, -0.15) is 9.61 Å². The van der Waals surface area contributed by atoms with E-state index in [1.165, 1.54) is 18.7 Å². The lowest BCUT2D eigenvalue weighted by atomic mass is 10.1. The molecule has 0 bridgehead atoms. The molecule has 152 valence electrons. The maximum absolute atomic E-state index is 11.7. The Morgan fingerprint density at radius 3 is 2.87 bits per heavy atom. The van der Waals surface area contributed by atoms with Crippen LogP contribution in [0.5, 0.6) is 0 Å². The van der Waals surface area contributed by atoms with Crippen molar-refractivity contribution >= 4 is 39.8 Å². The average Bonchev–Trinajstić information content (AvgIpc) is 3.16. The molecule has 1 fully saturated rings. The summed E-state index contributed by atoms with van der Waals surface area (Å²) >= 11 is 1.45. The SMILES string of the molecule is CC(=O)c1ccc2nnc(Sc3ccc4ncc(NC5CCOCC5)cc4c3)n2n1. The fourth-order valence-corrected chi connectivity index (χ4v) is 4.29. The molecule has 30 heavy (non-hydrogen) atoms. The summed E-state index contributed by atoms with van der Waals surface area (Å²) in [5.41, 5.74) is 2.93. The fourth-order valence-electron chi connectivity index (χ4n) is 3.46. The fraction of sp³-hybridized carbons (Fsp3) is 0.286. The van der Waals surface area contributed by atoms with Crippen molar-refractivity contribution in [3.8, 4) is 0 Å². The van der Waals surface area contributed by atoms with Gasteiger partial charge in [-0.1, -0.05) is 0 Å². The number of ether oxygens (including phenoxy) is 1. The smallest absolute Gasteiger partial charge is 0.217 e. The zero-order valence-electron chi connectivity index (χ0n) is 16.4. The van der Waals surface area contributed by atoms with E-state index < -0.39 is 0 Å². The number of hydrogen-bond acceptors (Lipinski definition) is 8. The number of fused-ring (bicyclic) bond motifs is 2. The van der Waals surface area contributed by atoms with Crippen LogP contribution in [0.25, 0.3) is 16.6 Å². The van der Waals surface area contributed by atoms with E-state index in [-0.39, 0.29) is 5.78 Å². The lowest BCUT2D eigenvalue weighted by Crippen LogP contribution is -2.27. The Balaban J connectivity index is 1.42. The number of hydrogen-bond donors (Lipinski definition) is 1. The zero-order valence-corrected chi connectivity index (χ0v) is 17.2. The van der Waals surface area contributed by atoms with E-state index >= 15 is 0 Å². The first kappa shape index (κ1) is 19.0. The summed E-state index contributed by atoms with van der Waals surface area (Å²) in [6.07, 6.45) is 3.89. The van der Waals surface area contributed by atoms with Gasteiger partial charge in [0, 0.05) is 36.5 Å². The van der Waals surface area contributed by atoms with Crippen molar-refractivity contribution in [2.45, 2.75) is 35.9 Å². The first-order valence-corrected chi connectivity index (χ1v) is 10.6. The second-order valence-corrected chi connectivity index (χ2v) is 8.28. The van der Waals surface area contributed by atoms with E-state index in [1.54, 1.807) is 16.6 Å². The number of pyridine rings is 1. The molecular formula is C21H20N6O2S. The highest BCUT2D eigenvalue weighted by Crippen LogP contribution is 2.29. The number of benzene rings is 1. The summed E-state index contributed by atoms with van der Waals surface area (Å²) in [6, 6.07) is 12.0. The molecule has 0 saturated carbocycles. The minimum atomic E-state index is -0.0945. The Kier molecular flexibility index (Phi) is 5.06. The molecule has 8 nitrogen and oxygen atoms in total. The second kappa shape index (κ2) is 8.00. The Labute approximate surface area is 177 Å². The Morgan fingerprint density at radius 2 is 2.03 bits per heavy atom. The molecule has 4 heterocycles. The minimum absolute atomic E-state index is 0.0945. The van der Waals surface area contributed by atoms with Crippen molar-refractivity contribution < 1.29 is 9.53 Å². The van der Waals surface area contributed by atoms with E-state index in [2.05, 4.69) is 37.7 Å². The van der Waals surface area contributed by atoms with Crippen LogP contribution in [0.15, 0.2) is 52.6 Å². The molecule has 4 aromatic rings. The van der Waals surface area contributed by atoms with E-state index in [4.69, 9.17) is 4.74 Å². The highest BCUT2D eigenvalue weighted by Gasteiger charge is 2.14. The number of nitrogens with zero attached hydrogens (tertiary/aromatic N) is 5. The molecule has 1 aliphatic heterocycles. The number of Topliss-reactive ketones (excluding diaryl/α,β-unsaturated/α-hetero) is 1. The maximum atomic E-state index is 11.7. The molecule has 0 spiro atoms. The molecule has 3 aromatic heterocycles. The summed E-state index contributed by atoms with van der Waals surface area (Å²) < 4.78 is 7.03. The molecule has 0 amide bonds. The van der Waals surface area contributed by atoms with Gasteiger partial charge in [0.05, 0.1) is 17.4 Å². The highest BCUT2D eigenvalue weighted by molar-refractivity contribution is 7.99. The summed E-state index contributed by atoms with van der Waals surface area (Å²) in [6.45, 7) is 3.09. The van der Waals surface area contributed by atoms with Gasteiger partial charge < -0.3 is 10.1 Å². The van der Waals surface area contributed by atoms with Gasteiger partial charge in [0.25, 0.3) is 0 Å². The van der Waals surface area contributed by atoms with Crippen LogP contribution in [0.1, 0.15) is 30.3 Å². The molecule has 9 heteroatoms. The number of carbonyl (C=O) groups excluding carboxylic acids is 1. The Hall–Kier alpha value is -3.04. The third-order valence-electron chi connectivity index (χ3n) is 5.05. The van der Waals surface area contributed by atoms with Gasteiger partial charge in [-0.15, -0.1) is 10.2 Å². The van der Waals surface area contributed by atoms with Gasteiger partial charge in [-0.05, 0) is 61.0 Å². The Morgan fingerprint density at radius 1 is 1.17 bits per heavy atom. The number of carbonyl (C=O) groups is 1. The van der Waals surface area contributed by atoms with Crippen molar-refractivity contribution in [3.05, 3.63) is 48.3 Å². The van der Waals surface area contributed by atoms with Gasteiger partial charge in [-0.25, -0.2) is 0 Å². The third-order valence-corrected chi connectivity index (χ3v) is 5.98. The monoisotopic (exact) mass is 420 g/mol. The largest absolute Gasteiger partial charge is 0.381 e. The summed E-state index contributed by atoms with van der Waals surface area (Å²) in [5, 5.41) is 17.9. The third kappa shape index (κ3) is 3.86. The Bertz CT molecular complexity index is 1230. The van der Waals surface area contributed by atoms with Crippen molar-refractivity contribution in [1.29, 1.82) is 0 Å². The molecule has 0 unspecified atom stereocenters. The number of aromatic nitrogens is 5. The van der Waals surface area contributed by atoms with Gasteiger partial charge >= 0.3 is 0 Å². The van der Waals surface area contributed by atoms with Crippen LogP contribution in [0.3, 0.4) is 0 Å². The van der Waals surface area contributed by atoms with E-state index in [0.717, 1.165) is 47.5 Å². The van der Waals surface area contributed by atoms with Crippen LogP contribution in [0, 0.1) is 0 Å². The van der Waals surface area contributed by atoms with Crippen molar-refractivity contribution in [2.24, 2.45) is 0 Å². The number of rotatable bonds is 5. The summed E-state index contributed by atoms with van der Waals surface area (Å²) in [4.78, 5) is 17.2. The van der Waals surface area contributed by atoms with E-state index in [0.29, 0.717) is 22.5 Å². The predicted octanol–water partition coefficient (Wildman–Crippen LogP) is 3.62. The van der Waals surface area contributed by atoms with Crippen LogP contribution >= 0.6 is 11.8 Å². The van der Waals surface area contributed by atoms with E-state index in [1.807, 2.05) is 18.3 Å². The quantitative estimate of drug-likeness (QED) is 0.489. The van der Waals surface area contributed by atoms with Crippen molar-refractivity contribution in [2.75, 3.05) is 18.5 Å². The zero-order chi connectivity index (χ0) is 20.5.